The molecule has 1 spiro atoms. The van der Waals surface area contributed by atoms with E-state index in [4.69, 9.17) is 0 Å². The summed E-state index contributed by atoms with van der Waals surface area (Å²) in [6.45, 7) is 0.873. The Morgan fingerprint density at radius 3 is 2.82 bits per heavy atom. The van der Waals surface area contributed by atoms with Crippen molar-refractivity contribution in [1.29, 1.82) is 0 Å². The molecule has 2 aliphatic rings. The van der Waals surface area contributed by atoms with Crippen LogP contribution in [0.1, 0.15) is 24.8 Å². The molecular formula is C14H17NOS. The summed E-state index contributed by atoms with van der Waals surface area (Å²) in [5.41, 5.74) is 2.32. The highest BCUT2D eigenvalue weighted by molar-refractivity contribution is 7.98. The lowest BCUT2D eigenvalue weighted by Gasteiger charge is -2.17. The van der Waals surface area contributed by atoms with E-state index < -0.39 is 0 Å². The number of rotatable bonds is 4. The number of carbonyl (C=O) groups excluding carboxylic acids is 1. The molecule has 1 heterocycles. The fourth-order valence-electron chi connectivity index (χ4n) is 2.79. The minimum atomic E-state index is -0.115. The van der Waals surface area contributed by atoms with Gasteiger partial charge >= 0.3 is 0 Å². The van der Waals surface area contributed by atoms with Crippen molar-refractivity contribution >= 4 is 23.4 Å². The molecule has 17 heavy (non-hydrogen) atoms. The molecule has 1 aliphatic heterocycles. The van der Waals surface area contributed by atoms with E-state index in [2.05, 4.69) is 24.5 Å². The first-order chi connectivity index (χ1) is 8.29. The molecule has 0 radical (unpaired) electrons. The van der Waals surface area contributed by atoms with Crippen LogP contribution >= 0.6 is 11.8 Å². The standard InChI is InChI=1S/C14H17NOS/c1-17-10-4-9-15-12-6-3-2-5-11(12)14(7-8-14)13(15)16/h2-3,5-6H,4,7-10H2,1H3. The van der Waals surface area contributed by atoms with Crippen LogP contribution in [0.25, 0.3) is 0 Å². The number of fused-ring (bicyclic) bond motifs is 2. The molecule has 0 saturated heterocycles. The highest BCUT2D eigenvalue weighted by Crippen LogP contribution is 2.57. The maximum Gasteiger partial charge on any atom is 0.237 e. The van der Waals surface area contributed by atoms with Gasteiger partial charge in [-0.1, -0.05) is 18.2 Å². The Hall–Kier alpha value is -0.960. The van der Waals surface area contributed by atoms with Crippen LogP contribution in [0, 0.1) is 0 Å². The van der Waals surface area contributed by atoms with Crippen molar-refractivity contribution in [2.45, 2.75) is 24.7 Å². The Kier molecular flexibility index (Phi) is 2.66. The fourth-order valence-corrected chi connectivity index (χ4v) is 3.21. The third-order valence-corrected chi connectivity index (χ3v) is 4.54. The van der Waals surface area contributed by atoms with E-state index in [1.165, 1.54) is 5.56 Å². The third kappa shape index (κ3) is 1.60. The first kappa shape index (κ1) is 11.1. The van der Waals surface area contributed by atoms with Gasteiger partial charge in [0.1, 0.15) is 0 Å². The smallest absolute Gasteiger partial charge is 0.237 e. The normalized spacial score (nSPS) is 19.8. The molecule has 3 heteroatoms. The Morgan fingerprint density at radius 2 is 2.12 bits per heavy atom. The average molecular weight is 247 g/mol. The molecule has 0 aromatic heterocycles. The van der Waals surface area contributed by atoms with E-state index in [9.17, 15) is 4.79 Å². The molecular weight excluding hydrogens is 230 g/mol. The highest BCUT2D eigenvalue weighted by atomic mass is 32.2. The maximum atomic E-state index is 12.5. The van der Waals surface area contributed by atoms with Crippen LogP contribution in [0.5, 0.6) is 0 Å². The summed E-state index contributed by atoms with van der Waals surface area (Å²) >= 11 is 1.85. The first-order valence-electron chi connectivity index (χ1n) is 6.20. The molecule has 90 valence electrons. The molecule has 1 amide bonds. The van der Waals surface area contributed by atoms with Crippen LogP contribution in [-0.4, -0.2) is 24.5 Å². The van der Waals surface area contributed by atoms with Crippen LogP contribution in [0.15, 0.2) is 24.3 Å². The molecule has 1 aromatic carbocycles. The van der Waals surface area contributed by atoms with Crippen molar-refractivity contribution in [3.8, 4) is 0 Å². The van der Waals surface area contributed by atoms with Gasteiger partial charge in [0.2, 0.25) is 5.91 Å². The number of carbonyl (C=O) groups is 1. The van der Waals surface area contributed by atoms with E-state index in [1.807, 2.05) is 22.7 Å². The second kappa shape index (κ2) is 4.05. The number of anilines is 1. The number of amides is 1. The van der Waals surface area contributed by atoms with Gasteiger partial charge in [-0.15, -0.1) is 0 Å². The van der Waals surface area contributed by atoms with Crippen LogP contribution in [-0.2, 0) is 10.2 Å². The number of thioether (sulfide) groups is 1. The van der Waals surface area contributed by atoms with Gasteiger partial charge in [-0.3, -0.25) is 4.79 Å². The lowest BCUT2D eigenvalue weighted by molar-refractivity contribution is -0.120. The third-order valence-electron chi connectivity index (χ3n) is 3.85. The fraction of sp³-hybridized carbons (Fsp3) is 0.500. The van der Waals surface area contributed by atoms with Gasteiger partial charge in [-0.25, -0.2) is 0 Å². The van der Waals surface area contributed by atoms with Crippen LogP contribution in [0.4, 0.5) is 5.69 Å². The van der Waals surface area contributed by atoms with Gasteiger partial charge in [0.15, 0.2) is 0 Å². The summed E-state index contributed by atoms with van der Waals surface area (Å²) in [5.74, 6) is 1.47. The monoisotopic (exact) mass is 247 g/mol. The zero-order chi connectivity index (χ0) is 11.9. The minimum Gasteiger partial charge on any atom is -0.311 e. The molecule has 1 fully saturated rings. The molecule has 0 bridgehead atoms. The van der Waals surface area contributed by atoms with E-state index in [1.54, 1.807) is 0 Å². The number of para-hydroxylation sites is 1. The molecule has 2 nitrogen and oxygen atoms in total. The second-order valence-corrected chi connectivity index (χ2v) is 5.89. The van der Waals surface area contributed by atoms with Gasteiger partial charge < -0.3 is 4.90 Å². The predicted molar refractivity (Wildman–Crippen MR) is 72.7 cm³/mol. The lowest BCUT2D eigenvalue weighted by Crippen LogP contribution is -2.33. The Balaban J connectivity index is 1.88. The number of nitrogens with zero attached hydrogens (tertiary/aromatic N) is 1. The van der Waals surface area contributed by atoms with Crippen molar-refractivity contribution < 1.29 is 4.79 Å². The van der Waals surface area contributed by atoms with Crippen molar-refractivity contribution in [3.05, 3.63) is 29.8 Å². The van der Waals surface area contributed by atoms with Crippen LogP contribution in [0.2, 0.25) is 0 Å². The minimum absolute atomic E-state index is 0.115. The van der Waals surface area contributed by atoms with E-state index in [-0.39, 0.29) is 5.41 Å². The molecule has 3 rings (SSSR count). The summed E-state index contributed by atoms with van der Waals surface area (Å²) in [6, 6.07) is 8.32. The van der Waals surface area contributed by atoms with Crippen molar-refractivity contribution in [2.24, 2.45) is 0 Å². The van der Waals surface area contributed by atoms with Crippen LogP contribution < -0.4 is 4.90 Å². The Labute approximate surface area is 106 Å². The van der Waals surface area contributed by atoms with E-state index in [0.717, 1.165) is 37.2 Å². The highest BCUT2D eigenvalue weighted by Gasteiger charge is 2.58. The van der Waals surface area contributed by atoms with Crippen molar-refractivity contribution in [3.63, 3.8) is 0 Å². The first-order valence-corrected chi connectivity index (χ1v) is 7.59. The quantitative estimate of drug-likeness (QED) is 0.763. The molecule has 1 aliphatic carbocycles. The number of hydrogen-bond donors (Lipinski definition) is 0. The van der Waals surface area contributed by atoms with E-state index in [0.29, 0.717) is 5.91 Å². The molecule has 0 unspecified atom stereocenters. The summed E-state index contributed by atoms with van der Waals surface area (Å²) in [7, 11) is 0. The van der Waals surface area contributed by atoms with Gasteiger partial charge in [0, 0.05) is 12.2 Å². The summed E-state index contributed by atoms with van der Waals surface area (Å²) in [6.07, 6.45) is 5.28. The Morgan fingerprint density at radius 1 is 1.35 bits per heavy atom. The van der Waals surface area contributed by atoms with E-state index >= 15 is 0 Å². The molecule has 0 N–H and O–H groups in total. The SMILES string of the molecule is CSCCCN1C(=O)C2(CC2)c2ccccc21. The van der Waals surface area contributed by atoms with Crippen molar-refractivity contribution in [1.82, 2.24) is 0 Å². The van der Waals surface area contributed by atoms with Gasteiger partial charge in [-0.2, -0.15) is 11.8 Å². The topological polar surface area (TPSA) is 20.3 Å². The number of hydrogen-bond acceptors (Lipinski definition) is 2. The molecule has 1 aromatic rings. The van der Waals surface area contributed by atoms with Crippen LogP contribution in [0.3, 0.4) is 0 Å². The summed E-state index contributed by atoms with van der Waals surface area (Å²) in [4.78, 5) is 14.5. The van der Waals surface area contributed by atoms with Gasteiger partial charge in [0.25, 0.3) is 0 Å². The lowest BCUT2D eigenvalue weighted by atomic mass is 9.98. The van der Waals surface area contributed by atoms with Gasteiger partial charge in [0.05, 0.1) is 5.41 Å². The zero-order valence-electron chi connectivity index (χ0n) is 10.1. The number of benzene rings is 1. The molecule has 1 saturated carbocycles. The summed E-state index contributed by atoms with van der Waals surface area (Å²) < 4.78 is 0. The second-order valence-electron chi connectivity index (χ2n) is 4.90. The molecule has 0 atom stereocenters. The Bertz CT molecular complexity index is 453. The zero-order valence-corrected chi connectivity index (χ0v) is 10.9. The predicted octanol–water partition coefficient (Wildman–Crippen LogP) is 2.82. The van der Waals surface area contributed by atoms with Gasteiger partial charge in [-0.05, 0) is 42.9 Å². The largest absolute Gasteiger partial charge is 0.311 e. The maximum absolute atomic E-state index is 12.5. The average Bonchev–Trinajstić information content (AvgIpc) is 3.11. The summed E-state index contributed by atoms with van der Waals surface area (Å²) in [5, 5.41) is 0. The van der Waals surface area contributed by atoms with Crippen molar-refractivity contribution in [2.75, 3.05) is 23.5 Å².